The zero-order valence-corrected chi connectivity index (χ0v) is 14.0. The molecule has 2 aromatic rings. The van der Waals surface area contributed by atoms with Crippen LogP contribution in [0.2, 0.25) is 0 Å². The monoisotopic (exact) mass is 366 g/mol. The molecule has 2 amide bonds. The summed E-state index contributed by atoms with van der Waals surface area (Å²) in [6.07, 6.45) is 1.59. The lowest BCUT2D eigenvalue weighted by molar-refractivity contribution is -0.120. The van der Waals surface area contributed by atoms with Gasteiger partial charge in [-0.25, -0.2) is 9.07 Å². The molecule has 3 rings (SSSR count). The molecule has 132 valence electrons. The highest BCUT2D eigenvalue weighted by molar-refractivity contribution is 6.27. The van der Waals surface area contributed by atoms with Crippen molar-refractivity contribution in [3.05, 3.63) is 35.9 Å². The molecule has 10 heteroatoms. The number of benzene rings is 1. The molecule has 1 fully saturated rings. The molecule has 0 atom stereocenters. The van der Waals surface area contributed by atoms with E-state index in [2.05, 4.69) is 20.9 Å². The zero-order chi connectivity index (χ0) is 17.8. The number of nitrogens with zero attached hydrogens (tertiary/aromatic N) is 4. The Labute approximate surface area is 147 Å². The molecule has 0 radical (unpaired) electrons. The quantitative estimate of drug-likeness (QED) is 0.737. The van der Waals surface area contributed by atoms with Crippen LogP contribution >= 0.6 is 11.6 Å². The van der Waals surface area contributed by atoms with Crippen LogP contribution in [0.1, 0.15) is 5.69 Å². The summed E-state index contributed by atoms with van der Waals surface area (Å²) in [4.78, 5) is 24.3. The Bertz CT molecular complexity index is 796. The van der Waals surface area contributed by atoms with Crippen LogP contribution in [0, 0.1) is 5.82 Å². The van der Waals surface area contributed by atoms with Gasteiger partial charge in [0, 0.05) is 19.2 Å². The van der Waals surface area contributed by atoms with Gasteiger partial charge >= 0.3 is 0 Å². The molecule has 0 aliphatic carbocycles. The summed E-state index contributed by atoms with van der Waals surface area (Å²) in [6, 6.07) is 4.64. The molecule has 1 aliphatic rings. The van der Waals surface area contributed by atoms with Crippen molar-refractivity contribution in [2.24, 2.45) is 0 Å². The lowest BCUT2D eigenvalue weighted by Gasteiger charge is -2.28. The standard InChI is InChI=1S/C15H16ClFN6O2/c16-6-14(24)19-7-10-8-23(21-20-10)11-1-2-13(12(17)5-11)22-4-3-18-15(25)9-22/h1-2,5,8H,3-4,6-7,9H2,(H,18,25)(H,19,24). The highest BCUT2D eigenvalue weighted by Crippen LogP contribution is 2.22. The van der Waals surface area contributed by atoms with Gasteiger partial charge in [0.2, 0.25) is 11.8 Å². The van der Waals surface area contributed by atoms with Crippen molar-refractivity contribution < 1.29 is 14.0 Å². The molecule has 0 bridgehead atoms. The minimum absolute atomic E-state index is 0.129. The van der Waals surface area contributed by atoms with Gasteiger partial charge in [-0.05, 0) is 12.1 Å². The molecule has 1 saturated heterocycles. The van der Waals surface area contributed by atoms with E-state index in [1.54, 1.807) is 23.2 Å². The van der Waals surface area contributed by atoms with E-state index in [0.29, 0.717) is 30.2 Å². The van der Waals surface area contributed by atoms with Gasteiger partial charge in [-0.3, -0.25) is 9.59 Å². The second kappa shape index (κ2) is 7.47. The maximum atomic E-state index is 14.4. The van der Waals surface area contributed by atoms with Crippen LogP contribution in [0.3, 0.4) is 0 Å². The first-order chi connectivity index (χ1) is 12.1. The zero-order valence-electron chi connectivity index (χ0n) is 13.2. The van der Waals surface area contributed by atoms with Gasteiger partial charge in [0.25, 0.3) is 0 Å². The molecule has 0 spiro atoms. The largest absolute Gasteiger partial charge is 0.358 e. The van der Waals surface area contributed by atoms with E-state index in [1.165, 1.54) is 10.7 Å². The fraction of sp³-hybridized carbons (Fsp3) is 0.333. The highest BCUT2D eigenvalue weighted by atomic mass is 35.5. The van der Waals surface area contributed by atoms with E-state index in [-0.39, 0.29) is 30.8 Å². The molecular formula is C15H16ClFN6O2. The van der Waals surface area contributed by atoms with E-state index in [4.69, 9.17) is 11.6 Å². The third-order valence-corrected chi connectivity index (χ3v) is 3.95. The van der Waals surface area contributed by atoms with Crippen molar-refractivity contribution in [3.8, 4) is 5.69 Å². The Morgan fingerprint density at radius 1 is 1.44 bits per heavy atom. The highest BCUT2D eigenvalue weighted by Gasteiger charge is 2.19. The first-order valence-electron chi connectivity index (χ1n) is 7.62. The molecule has 1 aromatic carbocycles. The average molecular weight is 367 g/mol. The topological polar surface area (TPSA) is 92.2 Å². The molecule has 25 heavy (non-hydrogen) atoms. The minimum atomic E-state index is -0.445. The van der Waals surface area contributed by atoms with Gasteiger partial charge < -0.3 is 15.5 Å². The number of amides is 2. The predicted molar refractivity (Wildman–Crippen MR) is 89.1 cm³/mol. The van der Waals surface area contributed by atoms with Crippen molar-refractivity contribution in [1.82, 2.24) is 25.6 Å². The van der Waals surface area contributed by atoms with Gasteiger partial charge in [0.1, 0.15) is 17.4 Å². The van der Waals surface area contributed by atoms with Gasteiger partial charge in [-0.1, -0.05) is 5.21 Å². The molecule has 0 saturated carbocycles. The second-order valence-corrected chi connectivity index (χ2v) is 5.74. The first kappa shape index (κ1) is 17.2. The van der Waals surface area contributed by atoms with Crippen LogP contribution in [0.25, 0.3) is 5.69 Å². The Hall–Kier alpha value is -2.68. The molecule has 2 heterocycles. The number of anilines is 1. The number of rotatable bonds is 5. The number of alkyl halides is 1. The van der Waals surface area contributed by atoms with Gasteiger partial charge in [-0.2, -0.15) is 0 Å². The first-order valence-corrected chi connectivity index (χ1v) is 8.15. The van der Waals surface area contributed by atoms with E-state index >= 15 is 0 Å². The van der Waals surface area contributed by atoms with Crippen LogP contribution in [-0.2, 0) is 16.1 Å². The third-order valence-electron chi connectivity index (χ3n) is 3.70. The summed E-state index contributed by atoms with van der Waals surface area (Å²) < 4.78 is 15.9. The maximum Gasteiger partial charge on any atom is 0.239 e. The fourth-order valence-corrected chi connectivity index (χ4v) is 2.58. The molecule has 0 unspecified atom stereocenters. The van der Waals surface area contributed by atoms with Crippen LogP contribution in [0.5, 0.6) is 0 Å². The lowest BCUT2D eigenvalue weighted by Crippen LogP contribution is -2.48. The third kappa shape index (κ3) is 4.05. The Kier molecular flexibility index (Phi) is 5.13. The average Bonchev–Trinajstić information content (AvgIpc) is 3.08. The number of piperazine rings is 1. The maximum absolute atomic E-state index is 14.4. The van der Waals surface area contributed by atoms with Crippen LogP contribution in [0.15, 0.2) is 24.4 Å². The number of nitrogens with one attached hydrogen (secondary N) is 2. The Morgan fingerprint density at radius 2 is 2.28 bits per heavy atom. The number of aromatic nitrogens is 3. The molecule has 8 nitrogen and oxygen atoms in total. The van der Waals surface area contributed by atoms with Crippen molar-refractivity contribution >= 4 is 29.1 Å². The summed E-state index contributed by atoms with van der Waals surface area (Å²) in [6.45, 7) is 1.36. The summed E-state index contributed by atoms with van der Waals surface area (Å²) in [7, 11) is 0. The van der Waals surface area contributed by atoms with E-state index in [1.807, 2.05) is 0 Å². The molecule has 2 N–H and O–H groups in total. The number of carbonyl (C=O) groups excluding carboxylic acids is 2. The van der Waals surface area contributed by atoms with Gasteiger partial charge in [-0.15, -0.1) is 16.7 Å². The molecule has 1 aromatic heterocycles. The predicted octanol–water partition coefficient (Wildman–Crippen LogP) is 0.198. The normalized spacial score (nSPS) is 14.3. The fourth-order valence-electron chi connectivity index (χ4n) is 2.48. The number of hydrogen-bond acceptors (Lipinski definition) is 5. The van der Waals surface area contributed by atoms with Crippen LogP contribution in [-0.4, -0.2) is 52.3 Å². The summed E-state index contributed by atoms with van der Waals surface area (Å²) in [5, 5.41) is 13.1. The van der Waals surface area contributed by atoms with Crippen molar-refractivity contribution in [1.29, 1.82) is 0 Å². The van der Waals surface area contributed by atoms with E-state index in [9.17, 15) is 14.0 Å². The van der Waals surface area contributed by atoms with Crippen molar-refractivity contribution in [2.45, 2.75) is 6.54 Å². The summed E-state index contributed by atoms with van der Waals surface area (Å²) >= 11 is 5.40. The smallest absolute Gasteiger partial charge is 0.239 e. The summed E-state index contributed by atoms with van der Waals surface area (Å²) in [5.41, 5.74) is 1.38. The second-order valence-electron chi connectivity index (χ2n) is 5.47. The number of hydrogen-bond donors (Lipinski definition) is 2. The van der Waals surface area contributed by atoms with E-state index in [0.717, 1.165) is 0 Å². The number of carbonyl (C=O) groups is 2. The number of halogens is 2. The van der Waals surface area contributed by atoms with Crippen molar-refractivity contribution in [2.75, 3.05) is 30.4 Å². The van der Waals surface area contributed by atoms with Crippen molar-refractivity contribution in [3.63, 3.8) is 0 Å². The summed E-state index contributed by atoms with van der Waals surface area (Å²) in [5.74, 6) is -1.01. The SMILES string of the molecule is O=C(CCl)NCc1cn(-c2ccc(N3CCNC(=O)C3)c(F)c2)nn1. The Balaban J connectivity index is 1.73. The molecule has 1 aliphatic heterocycles. The van der Waals surface area contributed by atoms with Crippen LogP contribution < -0.4 is 15.5 Å². The van der Waals surface area contributed by atoms with Crippen LogP contribution in [0.4, 0.5) is 10.1 Å². The Morgan fingerprint density at radius 3 is 3.00 bits per heavy atom. The minimum Gasteiger partial charge on any atom is -0.358 e. The molecular weight excluding hydrogens is 351 g/mol. The lowest BCUT2D eigenvalue weighted by atomic mass is 10.2. The van der Waals surface area contributed by atoms with E-state index < -0.39 is 5.82 Å². The van der Waals surface area contributed by atoms with Gasteiger partial charge in [0.15, 0.2) is 0 Å². The van der Waals surface area contributed by atoms with Gasteiger partial charge in [0.05, 0.1) is 30.7 Å².